The highest BCUT2D eigenvalue weighted by molar-refractivity contribution is 7.15. The summed E-state index contributed by atoms with van der Waals surface area (Å²) in [6, 6.07) is 8.57. The molecule has 3 rings (SSSR count). The van der Waals surface area contributed by atoms with Crippen LogP contribution >= 0.6 is 11.3 Å². The smallest absolute Gasteiger partial charge is 0.141 e. The molecule has 0 bridgehead atoms. The van der Waals surface area contributed by atoms with E-state index in [1.807, 2.05) is 6.92 Å². The van der Waals surface area contributed by atoms with Crippen molar-refractivity contribution in [3.05, 3.63) is 69.6 Å². The van der Waals surface area contributed by atoms with Crippen molar-refractivity contribution in [3.8, 4) is 5.00 Å². The van der Waals surface area contributed by atoms with Gasteiger partial charge in [-0.25, -0.2) is 0 Å². The predicted octanol–water partition coefficient (Wildman–Crippen LogP) is 5.76. The second kappa shape index (κ2) is 8.41. The first-order valence-corrected chi connectivity index (χ1v) is 10.4. The Bertz CT molecular complexity index is 982. The van der Waals surface area contributed by atoms with E-state index in [0.29, 0.717) is 6.61 Å². The molecule has 4 nitrogen and oxygen atoms in total. The quantitative estimate of drug-likeness (QED) is 0.510. The molecule has 1 aromatic carbocycles. The molecule has 0 saturated carbocycles. The van der Waals surface area contributed by atoms with Crippen LogP contribution in [0, 0.1) is 27.7 Å². The fourth-order valence-electron chi connectivity index (χ4n) is 3.39. The Morgan fingerprint density at radius 1 is 1.14 bits per heavy atom. The average molecular weight is 396 g/mol. The zero-order valence-corrected chi connectivity index (χ0v) is 18.5. The lowest BCUT2D eigenvalue weighted by atomic mass is 9.96. The van der Waals surface area contributed by atoms with Gasteiger partial charge in [-0.2, -0.15) is 0 Å². The van der Waals surface area contributed by atoms with Gasteiger partial charge in [-0.3, -0.25) is 4.57 Å². The Morgan fingerprint density at radius 3 is 2.46 bits per heavy atom. The maximum Gasteiger partial charge on any atom is 0.141 e. The summed E-state index contributed by atoms with van der Waals surface area (Å²) in [4.78, 5) is 1.29. The van der Waals surface area contributed by atoms with Crippen molar-refractivity contribution in [3.63, 3.8) is 0 Å². The summed E-state index contributed by atoms with van der Waals surface area (Å²) in [5, 5.41) is 10.1. The third kappa shape index (κ3) is 3.82. The molecule has 0 aliphatic rings. The molecule has 0 fully saturated rings. The van der Waals surface area contributed by atoms with Crippen LogP contribution in [0.5, 0.6) is 0 Å². The number of ether oxygens (including phenoxy) is 1. The Balaban J connectivity index is 2.12. The molecule has 0 N–H and O–H groups in total. The Hall–Kier alpha value is -2.24. The minimum absolute atomic E-state index is 0.254. The number of benzene rings is 1. The first-order valence-electron chi connectivity index (χ1n) is 9.62. The van der Waals surface area contributed by atoms with Crippen molar-refractivity contribution in [2.75, 3.05) is 13.7 Å². The molecular formula is C23H29N3OS. The summed E-state index contributed by atoms with van der Waals surface area (Å²) < 4.78 is 7.48. The maximum atomic E-state index is 5.27. The van der Waals surface area contributed by atoms with E-state index in [2.05, 4.69) is 73.3 Å². The Morgan fingerprint density at radius 2 is 1.82 bits per heavy atom. The van der Waals surface area contributed by atoms with Gasteiger partial charge >= 0.3 is 0 Å². The molecule has 0 aliphatic heterocycles. The van der Waals surface area contributed by atoms with Crippen LogP contribution in [0.3, 0.4) is 0 Å². The third-order valence-electron chi connectivity index (χ3n) is 5.32. The number of rotatable bonds is 7. The van der Waals surface area contributed by atoms with Crippen LogP contribution in [-0.4, -0.2) is 28.5 Å². The van der Waals surface area contributed by atoms with Crippen molar-refractivity contribution < 1.29 is 4.74 Å². The molecule has 1 unspecified atom stereocenters. The van der Waals surface area contributed by atoms with Gasteiger partial charge in [0.05, 0.1) is 0 Å². The van der Waals surface area contributed by atoms with E-state index < -0.39 is 0 Å². The van der Waals surface area contributed by atoms with Crippen molar-refractivity contribution in [2.45, 2.75) is 47.0 Å². The van der Waals surface area contributed by atoms with Crippen LogP contribution < -0.4 is 0 Å². The molecule has 0 amide bonds. The first kappa shape index (κ1) is 20.5. The second-order valence-electron chi connectivity index (χ2n) is 7.43. The number of aromatic nitrogens is 3. The molecule has 2 heterocycles. The monoisotopic (exact) mass is 395 g/mol. The summed E-state index contributed by atoms with van der Waals surface area (Å²) in [6.45, 7) is 15.8. The molecule has 0 aliphatic carbocycles. The lowest BCUT2D eigenvalue weighted by molar-refractivity contribution is 0.188. The molecule has 0 spiro atoms. The van der Waals surface area contributed by atoms with Gasteiger partial charge in [0.25, 0.3) is 0 Å². The topological polar surface area (TPSA) is 39.9 Å². The lowest BCUT2D eigenvalue weighted by Crippen LogP contribution is -2.09. The lowest BCUT2D eigenvalue weighted by Gasteiger charge is -2.16. The van der Waals surface area contributed by atoms with Crippen LogP contribution in [0.4, 0.5) is 0 Å². The summed E-state index contributed by atoms with van der Waals surface area (Å²) in [7, 11) is 1.73. The van der Waals surface area contributed by atoms with Gasteiger partial charge in [-0.15, -0.1) is 21.5 Å². The number of methoxy groups -OCH3 is 1. The highest BCUT2D eigenvalue weighted by Gasteiger charge is 2.24. The molecule has 2 aromatic heterocycles. The normalized spacial score (nSPS) is 12.4. The number of hydrogen-bond acceptors (Lipinski definition) is 4. The molecule has 0 radical (unpaired) electrons. The third-order valence-corrected chi connectivity index (χ3v) is 6.51. The zero-order chi connectivity index (χ0) is 20.4. The van der Waals surface area contributed by atoms with Gasteiger partial charge in [0.1, 0.15) is 16.6 Å². The molecule has 3 aromatic rings. The second-order valence-corrected chi connectivity index (χ2v) is 8.63. The molecule has 148 valence electrons. The largest absolute Gasteiger partial charge is 0.385 e. The zero-order valence-electron chi connectivity index (χ0n) is 17.7. The Labute approximate surface area is 171 Å². The summed E-state index contributed by atoms with van der Waals surface area (Å²) in [6.07, 6.45) is 0.909. The molecule has 28 heavy (non-hydrogen) atoms. The minimum Gasteiger partial charge on any atom is -0.385 e. The van der Waals surface area contributed by atoms with E-state index in [9.17, 15) is 0 Å². The standard InChI is InChI=1S/C23H29N3OS/c1-14-8-10-20(11-9-14)17(4)21-16(3)18(5)28-23(21)26-19(6)24-25-22(26)15(2)12-13-27-7/h8-11,15H,4,12-13H2,1-3,5-7H3. The van der Waals surface area contributed by atoms with E-state index in [-0.39, 0.29) is 5.92 Å². The Kier molecular flexibility index (Phi) is 6.16. The average Bonchev–Trinajstić information content (AvgIpc) is 3.19. The number of thiophene rings is 1. The first-order chi connectivity index (χ1) is 13.3. The highest BCUT2D eigenvalue weighted by atomic mass is 32.1. The van der Waals surface area contributed by atoms with Gasteiger partial charge in [0.2, 0.25) is 0 Å². The van der Waals surface area contributed by atoms with E-state index in [0.717, 1.165) is 34.2 Å². The molecular weight excluding hydrogens is 366 g/mol. The number of hydrogen-bond donors (Lipinski definition) is 0. The van der Waals surface area contributed by atoms with Crippen molar-refractivity contribution in [1.82, 2.24) is 14.8 Å². The van der Waals surface area contributed by atoms with E-state index in [1.54, 1.807) is 18.4 Å². The van der Waals surface area contributed by atoms with Crippen LogP contribution in [0.25, 0.3) is 10.6 Å². The maximum absolute atomic E-state index is 5.27. The van der Waals surface area contributed by atoms with E-state index >= 15 is 0 Å². The van der Waals surface area contributed by atoms with Crippen molar-refractivity contribution in [1.29, 1.82) is 0 Å². The number of aryl methyl sites for hydroxylation is 3. The van der Waals surface area contributed by atoms with Gasteiger partial charge in [0.15, 0.2) is 0 Å². The molecule has 5 heteroatoms. The fourth-order valence-corrected chi connectivity index (χ4v) is 4.63. The molecule has 0 saturated heterocycles. The summed E-state index contributed by atoms with van der Waals surface area (Å²) >= 11 is 1.79. The van der Waals surface area contributed by atoms with E-state index in [4.69, 9.17) is 4.74 Å². The molecule has 1 atom stereocenters. The van der Waals surface area contributed by atoms with Crippen LogP contribution in [-0.2, 0) is 4.74 Å². The minimum atomic E-state index is 0.254. The van der Waals surface area contributed by atoms with Gasteiger partial charge in [-0.1, -0.05) is 43.3 Å². The van der Waals surface area contributed by atoms with Crippen LogP contribution in [0.2, 0.25) is 0 Å². The predicted molar refractivity (Wildman–Crippen MR) is 118 cm³/mol. The summed E-state index contributed by atoms with van der Waals surface area (Å²) in [5.74, 6) is 2.14. The van der Waals surface area contributed by atoms with Crippen LogP contribution in [0.1, 0.15) is 58.0 Å². The SMILES string of the molecule is C=C(c1ccc(C)cc1)c1c(-n2c(C)nnc2C(C)CCOC)sc(C)c1C. The highest BCUT2D eigenvalue weighted by Crippen LogP contribution is 2.39. The fraction of sp³-hybridized carbons (Fsp3) is 0.391. The number of nitrogens with zero attached hydrogens (tertiary/aromatic N) is 3. The van der Waals surface area contributed by atoms with Crippen molar-refractivity contribution in [2.24, 2.45) is 0 Å². The van der Waals surface area contributed by atoms with E-state index in [1.165, 1.54) is 21.6 Å². The van der Waals surface area contributed by atoms with Gasteiger partial charge in [0, 0.05) is 30.1 Å². The van der Waals surface area contributed by atoms with Gasteiger partial charge < -0.3 is 4.74 Å². The van der Waals surface area contributed by atoms with Gasteiger partial charge in [-0.05, 0) is 50.8 Å². The van der Waals surface area contributed by atoms with Crippen molar-refractivity contribution >= 4 is 16.9 Å². The summed E-state index contributed by atoms with van der Waals surface area (Å²) in [5.41, 5.74) is 5.90. The van der Waals surface area contributed by atoms with Crippen LogP contribution in [0.15, 0.2) is 30.8 Å².